The molecule has 0 unspecified atom stereocenters. The molecule has 1 aromatic heterocycles. The molecule has 6 nitrogen and oxygen atoms in total. The standard InChI is InChI=1S/C18H19N3O3S/c1-2-13-7-9-15(10-8-13)25(23,24)21-20-18(22)11-14-12-19-17-6-4-3-5-16(14)17/h3-10,12,19,21H,2,11H2,1H3,(H,20,22). The van der Waals surface area contributed by atoms with Gasteiger partial charge in [-0.3, -0.25) is 10.2 Å². The van der Waals surface area contributed by atoms with Gasteiger partial charge in [0.25, 0.3) is 10.0 Å². The van der Waals surface area contributed by atoms with Crippen molar-refractivity contribution in [3.8, 4) is 0 Å². The molecule has 0 aliphatic rings. The van der Waals surface area contributed by atoms with E-state index >= 15 is 0 Å². The molecule has 0 bridgehead atoms. The number of aryl methyl sites for hydroxylation is 1. The van der Waals surface area contributed by atoms with Gasteiger partial charge < -0.3 is 4.98 Å². The van der Waals surface area contributed by atoms with Crippen molar-refractivity contribution in [1.29, 1.82) is 0 Å². The van der Waals surface area contributed by atoms with E-state index in [0.717, 1.165) is 28.5 Å². The molecule has 3 N–H and O–H groups in total. The summed E-state index contributed by atoms with van der Waals surface area (Å²) in [7, 11) is -3.79. The van der Waals surface area contributed by atoms with E-state index in [2.05, 4.69) is 15.2 Å². The number of aromatic nitrogens is 1. The Hall–Kier alpha value is -2.64. The third-order valence-electron chi connectivity index (χ3n) is 3.99. The molecule has 2 aromatic carbocycles. The lowest BCUT2D eigenvalue weighted by Gasteiger charge is -2.09. The van der Waals surface area contributed by atoms with E-state index in [4.69, 9.17) is 0 Å². The van der Waals surface area contributed by atoms with Gasteiger partial charge in [-0.1, -0.05) is 37.3 Å². The molecule has 0 atom stereocenters. The van der Waals surface area contributed by atoms with Crippen LogP contribution in [-0.2, 0) is 27.7 Å². The highest BCUT2D eigenvalue weighted by molar-refractivity contribution is 7.89. The summed E-state index contributed by atoms with van der Waals surface area (Å²) in [5.41, 5.74) is 5.04. The maximum Gasteiger partial charge on any atom is 0.257 e. The first kappa shape index (κ1) is 17.2. The number of hydrazine groups is 1. The van der Waals surface area contributed by atoms with Crippen LogP contribution < -0.4 is 10.3 Å². The summed E-state index contributed by atoms with van der Waals surface area (Å²) in [5.74, 6) is -0.432. The average molecular weight is 357 g/mol. The molecule has 3 rings (SSSR count). The Bertz CT molecular complexity index is 992. The van der Waals surface area contributed by atoms with Crippen molar-refractivity contribution in [2.75, 3.05) is 0 Å². The van der Waals surface area contributed by atoms with Crippen molar-refractivity contribution in [3.63, 3.8) is 0 Å². The number of fused-ring (bicyclic) bond motifs is 1. The summed E-state index contributed by atoms with van der Waals surface area (Å²) in [5, 5.41) is 0.940. The number of rotatable bonds is 6. The van der Waals surface area contributed by atoms with E-state index < -0.39 is 15.9 Å². The van der Waals surface area contributed by atoms with E-state index in [9.17, 15) is 13.2 Å². The third kappa shape index (κ3) is 3.89. The highest BCUT2D eigenvalue weighted by Gasteiger charge is 2.15. The molecule has 7 heteroatoms. The van der Waals surface area contributed by atoms with Crippen LogP contribution in [0.1, 0.15) is 18.1 Å². The van der Waals surface area contributed by atoms with Crippen molar-refractivity contribution in [3.05, 3.63) is 65.9 Å². The van der Waals surface area contributed by atoms with Gasteiger partial charge in [-0.2, -0.15) is 0 Å². The summed E-state index contributed by atoms with van der Waals surface area (Å²) in [6, 6.07) is 14.2. The first-order valence-electron chi connectivity index (χ1n) is 7.94. The highest BCUT2D eigenvalue weighted by atomic mass is 32.2. The van der Waals surface area contributed by atoms with Gasteiger partial charge in [0.2, 0.25) is 5.91 Å². The van der Waals surface area contributed by atoms with Crippen molar-refractivity contribution < 1.29 is 13.2 Å². The Labute approximate surface area is 146 Å². The van der Waals surface area contributed by atoms with Crippen LogP contribution in [-0.4, -0.2) is 19.3 Å². The number of sulfonamides is 1. The molecule has 0 fully saturated rings. The van der Waals surface area contributed by atoms with Crippen LogP contribution in [0.2, 0.25) is 0 Å². The Kier molecular flexibility index (Phi) is 4.87. The zero-order chi connectivity index (χ0) is 17.9. The fourth-order valence-corrected chi connectivity index (χ4v) is 3.44. The Morgan fingerprint density at radius 1 is 1.08 bits per heavy atom. The predicted octanol–water partition coefficient (Wildman–Crippen LogP) is 2.28. The number of nitrogens with one attached hydrogen (secondary N) is 3. The molecule has 0 saturated carbocycles. The topological polar surface area (TPSA) is 91.1 Å². The SMILES string of the molecule is CCc1ccc(S(=O)(=O)NNC(=O)Cc2c[nH]c3ccccc23)cc1. The van der Waals surface area contributed by atoms with Gasteiger partial charge in [-0.05, 0) is 35.7 Å². The van der Waals surface area contributed by atoms with Gasteiger partial charge in [0, 0.05) is 17.1 Å². The smallest absolute Gasteiger partial charge is 0.257 e. The van der Waals surface area contributed by atoms with Gasteiger partial charge in [-0.25, -0.2) is 8.42 Å². The van der Waals surface area contributed by atoms with Gasteiger partial charge in [-0.15, -0.1) is 4.83 Å². The maximum absolute atomic E-state index is 12.2. The van der Waals surface area contributed by atoms with E-state index in [0.29, 0.717) is 0 Å². The predicted molar refractivity (Wildman–Crippen MR) is 96.3 cm³/mol. The zero-order valence-corrected chi connectivity index (χ0v) is 14.6. The fraction of sp³-hybridized carbons (Fsp3) is 0.167. The first-order valence-corrected chi connectivity index (χ1v) is 9.42. The molecule has 1 heterocycles. The second kappa shape index (κ2) is 7.08. The molecule has 0 radical (unpaired) electrons. The number of aromatic amines is 1. The number of para-hydroxylation sites is 1. The lowest BCUT2D eigenvalue weighted by Crippen LogP contribution is -2.42. The molecule has 25 heavy (non-hydrogen) atoms. The van der Waals surface area contributed by atoms with Gasteiger partial charge in [0.15, 0.2) is 0 Å². The van der Waals surface area contributed by atoms with Crippen molar-refractivity contribution in [2.24, 2.45) is 0 Å². The van der Waals surface area contributed by atoms with Crippen LogP contribution >= 0.6 is 0 Å². The Balaban J connectivity index is 1.64. The molecular weight excluding hydrogens is 338 g/mol. The Morgan fingerprint density at radius 2 is 1.80 bits per heavy atom. The van der Waals surface area contributed by atoms with Crippen LogP contribution in [0, 0.1) is 0 Å². The molecule has 0 saturated heterocycles. The average Bonchev–Trinajstić information content (AvgIpc) is 3.03. The largest absolute Gasteiger partial charge is 0.361 e. The van der Waals surface area contributed by atoms with Gasteiger partial charge in [0.1, 0.15) is 0 Å². The monoisotopic (exact) mass is 357 g/mol. The molecule has 0 aliphatic heterocycles. The number of H-pyrrole nitrogens is 1. The number of benzene rings is 2. The van der Waals surface area contributed by atoms with Crippen LogP contribution in [0.25, 0.3) is 10.9 Å². The number of amides is 1. The van der Waals surface area contributed by atoms with Crippen LogP contribution in [0.15, 0.2) is 59.6 Å². The molecule has 1 amide bonds. The third-order valence-corrected chi connectivity index (χ3v) is 5.26. The molecule has 0 aliphatic carbocycles. The van der Waals surface area contributed by atoms with E-state index in [-0.39, 0.29) is 11.3 Å². The maximum atomic E-state index is 12.2. The van der Waals surface area contributed by atoms with Crippen LogP contribution in [0.5, 0.6) is 0 Å². The van der Waals surface area contributed by atoms with Gasteiger partial charge in [0.05, 0.1) is 11.3 Å². The van der Waals surface area contributed by atoms with Gasteiger partial charge >= 0.3 is 0 Å². The second-order valence-corrected chi connectivity index (χ2v) is 7.37. The summed E-state index contributed by atoms with van der Waals surface area (Å²) in [4.78, 5) is 17.4. The molecule has 3 aromatic rings. The minimum atomic E-state index is -3.79. The zero-order valence-electron chi connectivity index (χ0n) is 13.7. The minimum Gasteiger partial charge on any atom is -0.361 e. The molecule has 0 spiro atoms. The minimum absolute atomic E-state index is 0.0707. The van der Waals surface area contributed by atoms with E-state index in [1.807, 2.05) is 31.2 Å². The number of hydrogen-bond acceptors (Lipinski definition) is 3. The first-order chi connectivity index (χ1) is 12.0. The number of carbonyl (C=O) groups is 1. The van der Waals surface area contributed by atoms with E-state index in [1.54, 1.807) is 18.3 Å². The summed E-state index contributed by atoms with van der Waals surface area (Å²) < 4.78 is 24.4. The summed E-state index contributed by atoms with van der Waals surface area (Å²) >= 11 is 0. The second-order valence-electron chi connectivity index (χ2n) is 5.69. The lowest BCUT2D eigenvalue weighted by molar-refractivity contribution is -0.120. The van der Waals surface area contributed by atoms with E-state index in [1.165, 1.54) is 12.1 Å². The fourth-order valence-electron chi connectivity index (χ4n) is 2.58. The number of carbonyl (C=O) groups excluding carboxylic acids is 1. The molecular formula is C18H19N3O3S. The summed E-state index contributed by atoms with van der Waals surface area (Å²) in [6.45, 7) is 1.99. The lowest BCUT2D eigenvalue weighted by atomic mass is 10.1. The molecule has 130 valence electrons. The summed E-state index contributed by atoms with van der Waals surface area (Å²) in [6.07, 6.45) is 2.65. The van der Waals surface area contributed by atoms with Crippen molar-refractivity contribution in [1.82, 2.24) is 15.2 Å². The number of hydrogen-bond donors (Lipinski definition) is 3. The normalized spacial score (nSPS) is 11.6. The van der Waals surface area contributed by atoms with Crippen LogP contribution in [0.4, 0.5) is 0 Å². The van der Waals surface area contributed by atoms with Crippen molar-refractivity contribution in [2.45, 2.75) is 24.7 Å². The Morgan fingerprint density at radius 3 is 2.52 bits per heavy atom. The quantitative estimate of drug-likeness (QED) is 0.591. The van der Waals surface area contributed by atoms with Crippen LogP contribution in [0.3, 0.4) is 0 Å². The highest BCUT2D eigenvalue weighted by Crippen LogP contribution is 2.18. The van der Waals surface area contributed by atoms with Crippen molar-refractivity contribution >= 4 is 26.8 Å².